The van der Waals surface area contributed by atoms with Crippen molar-refractivity contribution in [2.45, 2.75) is 40.7 Å². The highest BCUT2D eigenvalue weighted by atomic mass is 19.2. The van der Waals surface area contributed by atoms with Crippen LogP contribution in [0.1, 0.15) is 38.3 Å². The monoisotopic (exact) mass is 357 g/mol. The minimum atomic E-state index is -1.58. The van der Waals surface area contributed by atoms with Crippen molar-refractivity contribution in [3.8, 4) is 6.07 Å². The second-order valence-corrected chi connectivity index (χ2v) is 6.46. The third kappa shape index (κ3) is 4.81. The smallest absolute Gasteiger partial charge is 0.306 e. The van der Waals surface area contributed by atoms with E-state index in [1.165, 1.54) is 6.08 Å². The topological polar surface area (TPSA) is 50.1 Å². The van der Waals surface area contributed by atoms with Crippen molar-refractivity contribution in [2.24, 2.45) is 11.3 Å². The van der Waals surface area contributed by atoms with Gasteiger partial charge in [0.25, 0.3) is 0 Å². The van der Waals surface area contributed by atoms with E-state index < -0.39 is 52.4 Å². The molecule has 0 fully saturated rings. The maximum absolute atomic E-state index is 13.7. The van der Waals surface area contributed by atoms with Crippen molar-refractivity contribution < 1.29 is 27.1 Å². The molecule has 1 rings (SSSR count). The molecule has 0 N–H and O–H groups in total. The zero-order valence-corrected chi connectivity index (χ0v) is 14.4. The van der Waals surface area contributed by atoms with Gasteiger partial charge in [0.2, 0.25) is 0 Å². The number of ether oxygens (including phenoxy) is 1. The molecule has 0 saturated carbocycles. The second kappa shape index (κ2) is 8.15. The zero-order valence-electron chi connectivity index (χ0n) is 14.4. The van der Waals surface area contributed by atoms with Gasteiger partial charge in [-0.2, -0.15) is 5.26 Å². The third-order valence-electron chi connectivity index (χ3n) is 4.24. The number of carbonyl (C=O) groups excluding carboxylic acids is 1. The Hall–Kier alpha value is -2.36. The third-order valence-corrected chi connectivity index (χ3v) is 4.24. The lowest BCUT2D eigenvalue weighted by molar-refractivity contribution is -0.148. The minimum Gasteiger partial charge on any atom is -0.461 e. The predicted octanol–water partition coefficient (Wildman–Crippen LogP) is 4.73. The van der Waals surface area contributed by atoms with Crippen molar-refractivity contribution >= 4 is 5.97 Å². The average molecular weight is 357 g/mol. The first kappa shape index (κ1) is 20.7. The fourth-order valence-electron chi connectivity index (χ4n) is 2.10. The van der Waals surface area contributed by atoms with Gasteiger partial charge < -0.3 is 4.74 Å². The van der Waals surface area contributed by atoms with Crippen LogP contribution in [0, 0.1) is 52.9 Å². The molecule has 0 aliphatic carbocycles. The molecule has 3 nitrogen and oxygen atoms in total. The summed E-state index contributed by atoms with van der Waals surface area (Å²) >= 11 is 0. The second-order valence-electron chi connectivity index (χ2n) is 6.46. The number of hydrogen-bond acceptors (Lipinski definition) is 3. The first-order chi connectivity index (χ1) is 11.5. The first-order valence-electron chi connectivity index (χ1n) is 7.56. The predicted molar refractivity (Wildman–Crippen MR) is 83.1 cm³/mol. The van der Waals surface area contributed by atoms with E-state index in [0.29, 0.717) is 0 Å². The fourth-order valence-corrected chi connectivity index (χ4v) is 2.10. The lowest BCUT2D eigenvalue weighted by Crippen LogP contribution is -2.25. The van der Waals surface area contributed by atoms with Crippen molar-refractivity contribution in [3.05, 3.63) is 46.5 Å². The summed E-state index contributed by atoms with van der Waals surface area (Å²) in [5.74, 6) is -7.10. The Morgan fingerprint density at radius 2 is 1.72 bits per heavy atom. The summed E-state index contributed by atoms with van der Waals surface area (Å²) in [7, 11) is 0. The number of benzene rings is 1. The maximum Gasteiger partial charge on any atom is 0.306 e. The van der Waals surface area contributed by atoms with Gasteiger partial charge in [-0.3, -0.25) is 4.79 Å². The quantitative estimate of drug-likeness (QED) is 0.320. The Bertz CT molecular complexity index is 707. The molecule has 0 amide bonds. The van der Waals surface area contributed by atoms with Gasteiger partial charge in [-0.15, -0.1) is 0 Å². The average Bonchev–Trinajstić information content (AvgIpc) is 2.55. The summed E-state index contributed by atoms with van der Waals surface area (Å²) in [5, 5.41) is 8.53. The van der Waals surface area contributed by atoms with Crippen molar-refractivity contribution in [1.29, 1.82) is 5.26 Å². The molecule has 1 unspecified atom stereocenters. The summed E-state index contributed by atoms with van der Waals surface area (Å²) < 4.78 is 59.3. The summed E-state index contributed by atoms with van der Waals surface area (Å²) in [6, 6.07) is 1.85. The molecule has 0 bridgehead atoms. The Balaban J connectivity index is 2.85. The molecule has 1 aromatic rings. The fraction of sp³-hybridized carbons (Fsp3) is 0.444. The molecule has 0 spiro atoms. The van der Waals surface area contributed by atoms with Gasteiger partial charge in [-0.25, -0.2) is 17.6 Å². The summed E-state index contributed by atoms with van der Waals surface area (Å²) in [4.78, 5) is 11.9. The molecule has 1 atom stereocenters. The van der Waals surface area contributed by atoms with Crippen LogP contribution in [0.5, 0.6) is 0 Å². The number of esters is 1. The largest absolute Gasteiger partial charge is 0.461 e. The molecule has 0 aromatic heterocycles. The Labute approximate surface area is 143 Å². The van der Waals surface area contributed by atoms with Crippen molar-refractivity contribution in [2.75, 3.05) is 0 Å². The number of nitriles is 1. The van der Waals surface area contributed by atoms with E-state index >= 15 is 0 Å². The van der Waals surface area contributed by atoms with Crippen LogP contribution in [0.4, 0.5) is 17.6 Å². The van der Waals surface area contributed by atoms with Gasteiger partial charge in [0.1, 0.15) is 6.61 Å². The maximum atomic E-state index is 13.7. The van der Waals surface area contributed by atoms with E-state index in [1.54, 1.807) is 26.8 Å². The molecule has 0 saturated heterocycles. The van der Waals surface area contributed by atoms with Gasteiger partial charge in [0, 0.05) is 11.6 Å². The van der Waals surface area contributed by atoms with E-state index in [1.807, 2.05) is 6.07 Å². The standard InChI is InChI=1S/C18H19F4NO2/c1-10(6-5-7-23)18(3,4)8-13(24)25-9-12-16(21)14(19)11(2)15(20)17(12)22/h5-6,10H,8-9H2,1-4H3. The lowest BCUT2D eigenvalue weighted by atomic mass is 9.77. The Morgan fingerprint density at radius 3 is 2.20 bits per heavy atom. The zero-order chi connectivity index (χ0) is 19.4. The van der Waals surface area contributed by atoms with Gasteiger partial charge in [0.15, 0.2) is 23.3 Å². The van der Waals surface area contributed by atoms with Gasteiger partial charge in [-0.05, 0) is 18.3 Å². The van der Waals surface area contributed by atoms with E-state index in [9.17, 15) is 22.4 Å². The summed E-state index contributed by atoms with van der Waals surface area (Å²) in [6.07, 6.45) is 2.81. The number of hydrogen-bond donors (Lipinski definition) is 0. The van der Waals surface area contributed by atoms with Crippen LogP contribution >= 0.6 is 0 Å². The number of halogens is 4. The molecular formula is C18H19F4NO2. The SMILES string of the molecule is Cc1c(F)c(F)c(COC(=O)CC(C)(C)C(C)C=CC#N)c(F)c1F. The normalized spacial score (nSPS) is 12.9. The van der Waals surface area contributed by atoms with E-state index in [2.05, 4.69) is 0 Å². The molecule has 1 aromatic carbocycles. The Kier molecular flexibility index (Phi) is 6.74. The van der Waals surface area contributed by atoms with E-state index in [0.717, 1.165) is 6.92 Å². The highest BCUT2D eigenvalue weighted by Gasteiger charge is 2.29. The summed E-state index contributed by atoms with van der Waals surface area (Å²) in [5.41, 5.74) is -2.33. The number of rotatable bonds is 6. The molecule has 7 heteroatoms. The van der Waals surface area contributed by atoms with Crippen LogP contribution in [0.2, 0.25) is 0 Å². The molecule has 0 aliphatic heterocycles. The Morgan fingerprint density at radius 1 is 1.20 bits per heavy atom. The number of carbonyl (C=O) groups is 1. The van der Waals surface area contributed by atoms with Crippen LogP contribution in [-0.2, 0) is 16.1 Å². The number of nitrogens with zero attached hydrogens (tertiary/aromatic N) is 1. The highest BCUT2D eigenvalue weighted by molar-refractivity contribution is 5.70. The van der Waals surface area contributed by atoms with Gasteiger partial charge >= 0.3 is 5.97 Å². The molecule has 25 heavy (non-hydrogen) atoms. The van der Waals surface area contributed by atoms with Crippen LogP contribution in [0.25, 0.3) is 0 Å². The molecule has 136 valence electrons. The van der Waals surface area contributed by atoms with Crippen molar-refractivity contribution in [3.63, 3.8) is 0 Å². The van der Waals surface area contributed by atoms with Crippen LogP contribution < -0.4 is 0 Å². The van der Waals surface area contributed by atoms with Crippen LogP contribution in [0.3, 0.4) is 0 Å². The molecule has 0 aliphatic rings. The number of allylic oxidation sites excluding steroid dienone is 2. The van der Waals surface area contributed by atoms with Crippen LogP contribution in [0.15, 0.2) is 12.2 Å². The highest BCUT2D eigenvalue weighted by Crippen LogP contribution is 2.32. The van der Waals surface area contributed by atoms with Gasteiger partial charge in [0.05, 0.1) is 18.1 Å². The van der Waals surface area contributed by atoms with E-state index in [-0.39, 0.29) is 12.3 Å². The minimum absolute atomic E-state index is 0.107. The molecule has 0 heterocycles. The summed E-state index contributed by atoms with van der Waals surface area (Å²) in [6.45, 7) is 5.31. The van der Waals surface area contributed by atoms with Crippen molar-refractivity contribution in [1.82, 2.24) is 0 Å². The van der Waals surface area contributed by atoms with E-state index in [4.69, 9.17) is 10.00 Å². The molecular weight excluding hydrogens is 338 g/mol. The van der Waals surface area contributed by atoms with Crippen LogP contribution in [-0.4, -0.2) is 5.97 Å². The first-order valence-corrected chi connectivity index (χ1v) is 7.56. The van der Waals surface area contributed by atoms with Gasteiger partial charge in [-0.1, -0.05) is 26.8 Å². The molecule has 0 radical (unpaired) electrons. The lowest BCUT2D eigenvalue weighted by Gasteiger charge is -2.28.